The van der Waals surface area contributed by atoms with Crippen LogP contribution in [0.5, 0.6) is 0 Å². The summed E-state index contributed by atoms with van der Waals surface area (Å²) >= 11 is 0. The highest BCUT2D eigenvalue weighted by atomic mass is 16.2. The van der Waals surface area contributed by atoms with Crippen LogP contribution in [-0.4, -0.2) is 43.1 Å². The van der Waals surface area contributed by atoms with E-state index in [-0.39, 0.29) is 5.91 Å². The van der Waals surface area contributed by atoms with Crippen molar-refractivity contribution in [2.75, 3.05) is 6.54 Å². The van der Waals surface area contributed by atoms with Gasteiger partial charge in [-0.05, 0) is 49.4 Å². The summed E-state index contributed by atoms with van der Waals surface area (Å²) in [5.74, 6) is 0.136. The molecule has 1 N–H and O–H groups in total. The zero-order chi connectivity index (χ0) is 17.8. The van der Waals surface area contributed by atoms with Crippen molar-refractivity contribution in [1.29, 1.82) is 0 Å². The molecule has 1 aliphatic heterocycles. The number of nitrogens with one attached hydrogen (secondary N) is 1. The number of benzene rings is 1. The molecule has 0 saturated carbocycles. The van der Waals surface area contributed by atoms with Crippen LogP contribution < -0.4 is 0 Å². The normalized spacial score (nSPS) is 17.4. The van der Waals surface area contributed by atoms with Gasteiger partial charge in [0.05, 0.1) is 12.0 Å². The molecule has 1 fully saturated rings. The fourth-order valence-electron chi connectivity index (χ4n) is 3.66. The molecule has 1 aliphatic rings. The van der Waals surface area contributed by atoms with Crippen LogP contribution in [0, 0.1) is 0 Å². The highest BCUT2D eigenvalue weighted by Crippen LogP contribution is 2.24. The van der Waals surface area contributed by atoms with Gasteiger partial charge in [0, 0.05) is 43.3 Å². The molecule has 1 saturated heterocycles. The topological polar surface area (TPSA) is 66.8 Å². The molecule has 0 radical (unpaired) electrons. The quantitative estimate of drug-likeness (QED) is 0.768. The minimum atomic E-state index is 0.136. The van der Waals surface area contributed by atoms with E-state index in [1.165, 1.54) is 6.42 Å². The van der Waals surface area contributed by atoms with Crippen LogP contribution in [0.15, 0.2) is 55.2 Å². The number of carbonyl (C=O) groups is 1. The minimum absolute atomic E-state index is 0.136. The summed E-state index contributed by atoms with van der Waals surface area (Å²) in [4.78, 5) is 19.2. The Bertz CT molecular complexity index is 824. The number of carbonyl (C=O) groups excluding carboxylic acids is 1. The molecule has 1 aromatic carbocycles. The maximum atomic E-state index is 13.1. The lowest BCUT2D eigenvalue weighted by Gasteiger charge is -2.36. The van der Waals surface area contributed by atoms with Crippen LogP contribution in [0.4, 0.5) is 0 Å². The second kappa shape index (κ2) is 7.56. The Morgan fingerprint density at radius 2 is 2.04 bits per heavy atom. The van der Waals surface area contributed by atoms with Crippen molar-refractivity contribution in [3.63, 3.8) is 0 Å². The van der Waals surface area contributed by atoms with Crippen LogP contribution >= 0.6 is 0 Å². The Balaban J connectivity index is 1.46. The number of hydrogen-bond acceptors (Lipinski definition) is 3. The molecule has 3 heterocycles. The van der Waals surface area contributed by atoms with Crippen LogP contribution in [0.25, 0.3) is 11.3 Å². The number of hydrogen-bond donors (Lipinski definition) is 1. The maximum Gasteiger partial charge on any atom is 0.254 e. The van der Waals surface area contributed by atoms with Crippen LogP contribution in [-0.2, 0) is 6.54 Å². The fourth-order valence-corrected chi connectivity index (χ4v) is 3.66. The summed E-state index contributed by atoms with van der Waals surface area (Å²) in [5.41, 5.74) is 2.75. The van der Waals surface area contributed by atoms with E-state index in [9.17, 15) is 4.79 Å². The Morgan fingerprint density at radius 3 is 2.77 bits per heavy atom. The van der Waals surface area contributed by atoms with E-state index in [0.29, 0.717) is 6.04 Å². The van der Waals surface area contributed by atoms with Crippen molar-refractivity contribution in [2.45, 2.75) is 38.3 Å². The van der Waals surface area contributed by atoms with Gasteiger partial charge in [-0.25, -0.2) is 4.98 Å². The van der Waals surface area contributed by atoms with E-state index in [0.717, 1.165) is 49.2 Å². The third kappa shape index (κ3) is 3.54. The largest absolute Gasteiger partial charge is 0.337 e. The van der Waals surface area contributed by atoms with Gasteiger partial charge in [0.1, 0.15) is 0 Å². The molecule has 4 rings (SSSR count). The van der Waals surface area contributed by atoms with Crippen molar-refractivity contribution in [3.05, 3.63) is 60.8 Å². The van der Waals surface area contributed by atoms with Gasteiger partial charge in [0.15, 0.2) is 0 Å². The number of nitrogens with zero attached hydrogens (tertiary/aromatic N) is 4. The average Bonchev–Trinajstić information content (AvgIpc) is 3.40. The molecule has 2 aromatic heterocycles. The number of aromatic nitrogens is 4. The van der Waals surface area contributed by atoms with E-state index in [1.807, 2.05) is 42.9 Å². The molecular weight excluding hydrogens is 326 g/mol. The average molecular weight is 349 g/mol. The third-order valence-corrected chi connectivity index (χ3v) is 5.11. The third-order valence-electron chi connectivity index (χ3n) is 5.11. The van der Waals surface area contributed by atoms with Gasteiger partial charge in [-0.2, -0.15) is 5.10 Å². The Morgan fingerprint density at radius 1 is 1.15 bits per heavy atom. The lowest BCUT2D eigenvalue weighted by atomic mass is 9.97. The molecule has 0 aliphatic carbocycles. The predicted molar refractivity (Wildman–Crippen MR) is 99.5 cm³/mol. The summed E-state index contributed by atoms with van der Waals surface area (Å²) in [6, 6.07) is 10.0. The smallest absolute Gasteiger partial charge is 0.254 e. The van der Waals surface area contributed by atoms with Crippen molar-refractivity contribution >= 4 is 5.91 Å². The van der Waals surface area contributed by atoms with Crippen molar-refractivity contribution in [2.24, 2.45) is 0 Å². The fraction of sp³-hybridized carbons (Fsp3) is 0.350. The molecule has 0 bridgehead atoms. The van der Waals surface area contributed by atoms with E-state index in [1.54, 1.807) is 12.4 Å². The summed E-state index contributed by atoms with van der Waals surface area (Å²) in [6.45, 7) is 1.74. The molecule has 1 unspecified atom stereocenters. The molecule has 1 atom stereocenters. The van der Waals surface area contributed by atoms with Crippen molar-refractivity contribution in [1.82, 2.24) is 24.6 Å². The van der Waals surface area contributed by atoms with Crippen LogP contribution in [0.1, 0.15) is 36.0 Å². The highest BCUT2D eigenvalue weighted by molar-refractivity contribution is 5.95. The molecule has 134 valence electrons. The monoisotopic (exact) mass is 349 g/mol. The molecule has 6 heteroatoms. The van der Waals surface area contributed by atoms with Gasteiger partial charge in [0.2, 0.25) is 0 Å². The molecular formula is C20H23N5O. The minimum Gasteiger partial charge on any atom is -0.337 e. The van der Waals surface area contributed by atoms with Gasteiger partial charge >= 0.3 is 0 Å². The summed E-state index contributed by atoms with van der Waals surface area (Å²) in [5, 5.41) is 6.92. The van der Waals surface area contributed by atoms with E-state index < -0.39 is 0 Å². The van der Waals surface area contributed by atoms with Gasteiger partial charge < -0.3 is 9.47 Å². The summed E-state index contributed by atoms with van der Waals surface area (Å²) < 4.78 is 2.08. The molecule has 3 aromatic rings. The number of aryl methyl sites for hydroxylation is 1. The number of likely N-dealkylation sites (tertiary alicyclic amines) is 1. The lowest BCUT2D eigenvalue weighted by molar-refractivity contribution is 0.0595. The zero-order valence-corrected chi connectivity index (χ0v) is 14.7. The number of piperidine rings is 1. The Kier molecular flexibility index (Phi) is 4.82. The molecule has 6 nitrogen and oxygen atoms in total. The first-order chi connectivity index (χ1) is 12.8. The number of imidazole rings is 1. The SMILES string of the molecule is O=C(c1ccc(-c2ccn[nH]2)cc1)N1CCCCC1CCn1ccnc1. The zero-order valence-electron chi connectivity index (χ0n) is 14.7. The maximum absolute atomic E-state index is 13.1. The van der Waals surface area contributed by atoms with Crippen LogP contribution in [0.3, 0.4) is 0 Å². The highest BCUT2D eigenvalue weighted by Gasteiger charge is 2.27. The number of H-pyrrole nitrogens is 1. The Hall–Kier alpha value is -2.89. The Labute approximate surface area is 152 Å². The second-order valence-electron chi connectivity index (χ2n) is 6.79. The first-order valence-electron chi connectivity index (χ1n) is 9.18. The van der Waals surface area contributed by atoms with Crippen molar-refractivity contribution < 1.29 is 4.79 Å². The summed E-state index contributed by atoms with van der Waals surface area (Å²) in [7, 11) is 0. The first-order valence-corrected chi connectivity index (χ1v) is 9.18. The van der Waals surface area contributed by atoms with E-state index in [4.69, 9.17) is 0 Å². The van der Waals surface area contributed by atoms with Crippen molar-refractivity contribution in [3.8, 4) is 11.3 Å². The number of amides is 1. The van der Waals surface area contributed by atoms with E-state index >= 15 is 0 Å². The van der Waals surface area contributed by atoms with Gasteiger partial charge in [-0.15, -0.1) is 0 Å². The van der Waals surface area contributed by atoms with Gasteiger partial charge in [-0.3, -0.25) is 9.89 Å². The van der Waals surface area contributed by atoms with Crippen LogP contribution in [0.2, 0.25) is 0 Å². The van der Waals surface area contributed by atoms with Gasteiger partial charge in [-0.1, -0.05) is 12.1 Å². The molecule has 26 heavy (non-hydrogen) atoms. The van der Waals surface area contributed by atoms with E-state index in [2.05, 4.69) is 24.6 Å². The number of rotatable bonds is 5. The lowest BCUT2D eigenvalue weighted by Crippen LogP contribution is -2.44. The summed E-state index contributed by atoms with van der Waals surface area (Å²) in [6.07, 6.45) is 11.7. The first kappa shape index (κ1) is 16.6. The second-order valence-corrected chi connectivity index (χ2v) is 6.79. The standard InChI is InChI=1S/C20H23N5O/c26-20(17-6-4-16(5-7-17)19-8-10-22-23-19)25-12-2-1-3-18(25)9-13-24-14-11-21-15-24/h4-8,10-11,14-15,18H,1-3,9,12-13H2,(H,22,23). The predicted octanol–water partition coefficient (Wildman–Crippen LogP) is 3.36. The molecule has 0 spiro atoms. The van der Waals surface area contributed by atoms with Gasteiger partial charge in [0.25, 0.3) is 5.91 Å². The number of aromatic amines is 1. The molecule has 1 amide bonds.